The van der Waals surface area contributed by atoms with Crippen molar-refractivity contribution in [2.75, 3.05) is 25.1 Å². The number of benzene rings is 3. The molecule has 6 nitrogen and oxygen atoms in total. The van der Waals surface area contributed by atoms with Crippen molar-refractivity contribution in [2.24, 2.45) is 5.10 Å². The fraction of sp³-hybridized carbons (Fsp3) is 0.231. The van der Waals surface area contributed by atoms with Crippen LogP contribution in [0.5, 0.6) is 11.5 Å². The maximum Gasteiger partial charge on any atom is 0.271 e. The number of ether oxygens (including phenoxy) is 2. The molecule has 3 aromatic rings. The summed E-state index contributed by atoms with van der Waals surface area (Å²) in [5.74, 6) is 0.500. The van der Waals surface area contributed by atoms with Gasteiger partial charge in [0, 0.05) is 24.3 Å². The topological polar surface area (TPSA) is 63.2 Å². The second-order valence-corrected chi connectivity index (χ2v) is 9.06. The molecule has 1 saturated heterocycles. The van der Waals surface area contributed by atoms with Crippen LogP contribution in [0.15, 0.2) is 65.8 Å². The van der Waals surface area contributed by atoms with Gasteiger partial charge in [0.25, 0.3) is 5.91 Å². The summed E-state index contributed by atoms with van der Waals surface area (Å²) in [6.07, 6.45) is 3.97. The zero-order chi connectivity index (χ0) is 23.9. The predicted octanol–water partition coefficient (Wildman–Crippen LogP) is 5.38. The summed E-state index contributed by atoms with van der Waals surface area (Å²) in [6, 6.07) is 17.5. The minimum atomic E-state index is -0.307. The van der Waals surface area contributed by atoms with E-state index in [2.05, 4.69) is 38.0 Å². The second kappa shape index (κ2) is 11.3. The molecule has 0 bridgehead atoms. The van der Waals surface area contributed by atoms with E-state index >= 15 is 0 Å². The molecule has 34 heavy (non-hydrogen) atoms. The Kier molecular flexibility index (Phi) is 7.99. The minimum Gasteiger partial charge on any atom is -0.493 e. The van der Waals surface area contributed by atoms with Gasteiger partial charge in [-0.25, -0.2) is 9.82 Å². The van der Waals surface area contributed by atoms with E-state index in [9.17, 15) is 9.18 Å². The Morgan fingerprint density at radius 2 is 1.91 bits per heavy atom. The van der Waals surface area contributed by atoms with Crippen molar-refractivity contribution in [2.45, 2.75) is 19.4 Å². The highest BCUT2D eigenvalue weighted by molar-refractivity contribution is 14.1. The average Bonchev–Trinajstić information content (AvgIpc) is 3.38. The van der Waals surface area contributed by atoms with Crippen LogP contribution in [-0.4, -0.2) is 32.3 Å². The second-order valence-electron chi connectivity index (χ2n) is 7.89. The molecule has 1 aliphatic heterocycles. The van der Waals surface area contributed by atoms with Crippen LogP contribution in [-0.2, 0) is 6.61 Å². The molecular weight excluding hydrogens is 548 g/mol. The molecule has 1 fully saturated rings. The first-order valence-corrected chi connectivity index (χ1v) is 12.0. The molecule has 0 saturated carbocycles. The van der Waals surface area contributed by atoms with Gasteiger partial charge >= 0.3 is 0 Å². The lowest BCUT2D eigenvalue weighted by Crippen LogP contribution is -2.19. The van der Waals surface area contributed by atoms with Gasteiger partial charge in [-0.05, 0) is 95.1 Å². The smallest absolute Gasteiger partial charge is 0.271 e. The zero-order valence-electron chi connectivity index (χ0n) is 18.8. The third-order valence-corrected chi connectivity index (χ3v) is 6.31. The molecule has 0 unspecified atom stereocenters. The monoisotopic (exact) mass is 573 g/mol. The summed E-state index contributed by atoms with van der Waals surface area (Å²) < 4.78 is 25.6. The van der Waals surface area contributed by atoms with Crippen LogP contribution in [0.1, 0.15) is 34.3 Å². The Hall–Kier alpha value is -3.14. The Labute approximate surface area is 211 Å². The zero-order valence-corrected chi connectivity index (χ0v) is 20.9. The van der Waals surface area contributed by atoms with E-state index in [1.54, 1.807) is 31.5 Å². The molecule has 1 heterocycles. The number of anilines is 1. The third-order valence-electron chi connectivity index (χ3n) is 5.50. The molecule has 176 valence electrons. The molecule has 4 rings (SSSR count). The number of hydrogen-bond donors (Lipinski definition) is 1. The molecule has 1 amide bonds. The minimum absolute atomic E-state index is 0.212. The number of hydrazone groups is 1. The van der Waals surface area contributed by atoms with Crippen molar-refractivity contribution < 1.29 is 18.7 Å². The number of nitrogens with one attached hydrogen (secondary N) is 1. The molecule has 3 aromatic carbocycles. The van der Waals surface area contributed by atoms with Gasteiger partial charge in [0.1, 0.15) is 12.4 Å². The molecule has 0 atom stereocenters. The number of hydrogen-bond acceptors (Lipinski definition) is 5. The normalized spacial score (nSPS) is 13.3. The van der Waals surface area contributed by atoms with Crippen molar-refractivity contribution in [3.63, 3.8) is 0 Å². The van der Waals surface area contributed by atoms with Gasteiger partial charge in [0.2, 0.25) is 0 Å². The van der Waals surface area contributed by atoms with Crippen molar-refractivity contribution in [1.82, 2.24) is 5.43 Å². The van der Waals surface area contributed by atoms with Gasteiger partial charge in [-0.2, -0.15) is 5.10 Å². The van der Waals surface area contributed by atoms with Gasteiger partial charge in [0.05, 0.1) is 16.9 Å². The number of carbonyl (C=O) groups excluding carboxylic acids is 1. The highest BCUT2D eigenvalue weighted by Gasteiger charge is 2.14. The Bertz CT molecular complexity index is 1180. The first-order chi connectivity index (χ1) is 16.5. The van der Waals surface area contributed by atoms with E-state index < -0.39 is 0 Å². The molecular formula is C26H25FIN3O3. The number of rotatable bonds is 8. The van der Waals surface area contributed by atoms with E-state index in [1.165, 1.54) is 25.0 Å². The van der Waals surface area contributed by atoms with Crippen LogP contribution in [0.3, 0.4) is 0 Å². The van der Waals surface area contributed by atoms with E-state index in [0.29, 0.717) is 17.1 Å². The Morgan fingerprint density at radius 1 is 1.15 bits per heavy atom. The lowest BCUT2D eigenvalue weighted by atomic mass is 10.2. The van der Waals surface area contributed by atoms with Crippen LogP contribution in [0.2, 0.25) is 0 Å². The van der Waals surface area contributed by atoms with Gasteiger partial charge < -0.3 is 14.4 Å². The number of amides is 1. The quantitative estimate of drug-likeness (QED) is 0.223. The Balaban J connectivity index is 1.38. The molecule has 0 spiro atoms. The summed E-state index contributed by atoms with van der Waals surface area (Å²) in [4.78, 5) is 14.8. The van der Waals surface area contributed by atoms with Crippen LogP contribution in [0, 0.1) is 9.39 Å². The Morgan fingerprint density at radius 3 is 2.62 bits per heavy atom. The number of halogens is 2. The third kappa shape index (κ3) is 6.05. The van der Waals surface area contributed by atoms with Crippen LogP contribution in [0.25, 0.3) is 0 Å². The SMILES string of the molecule is COc1cc(/C=N\NC(=O)c2ccc(N3CCCC3)cc2)cc(I)c1OCc1cccc(F)c1. The summed E-state index contributed by atoms with van der Waals surface area (Å²) >= 11 is 2.15. The molecule has 0 radical (unpaired) electrons. The van der Waals surface area contributed by atoms with Gasteiger partial charge in [-0.3, -0.25) is 4.79 Å². The molecule has 0 aliphatic carbocycles. The summed E-state index contributed by atoms with van der Waals surface area (Å²) in [5, 5.41) is 4.09. The van der Waals surface area contributed by atoms with Crippen LogP contribution < -0.4 is 19.8 Å². The lowest BCUT2D eigenvalue weighted by molar-refractivity contribution is 0.0955. The van der Waals surface area contributed by atoms with E-state index in [1.807, 2.05) is 30.3 Å². The molecule has 1 N–H and O–H groups in total. The van der Waals surface area contributed by atoms with Crippen molar-refractivity contribution in [3.8, 4) is 11.5 Å². The lowest BCUT2D eigenvalue weighted by Gasteiger charge is -2.17. The summed E-state index contributed by atoms with van der Waals surface area (Å²) in [7, 11) is 1.55. The highest BCUT2D eigenvalue weighted by Crippen LogP contribution is 2.34. The average molecular weight is 573 g/mol. The van der Waals surface area contributed by atoms with Crippen molar-refractivity contribution in [3.05, 3.63) is 86.7 Å². The van der Waals surface area contributed by atoms with Crippen molar-refractivity contribution in [1.29, 1.82) is 0 Å². The molecule has 0 aromatic heterocycles. The van der Waals surface area contributed by atoms with E-state index in [4.69, 9.17) is 9.47 Å². The van der Waals surface area contributed by atoms with E-state index in [-0.39, 0.29) is 18.3 Å². The standard InChI is InChI=1S/C26H25FIN3O3/c1-33-24-15-19(14-23(28)25(24)34-17-18-5-4-6-21(27)13-18)16-29-30-26(32)20-7-9-22(10-8-20)31-11-2-3-12-31/h4-10,13-16H,2-3,11-12,17H2,1H3,(H,30,32)/b29-16-. The van der Waals surface area contributed by atoms with Crippen molar-refractivity contribution >= 4 is 40.4 Å². The largest absolute Gasteiger partial charge is 0.493 e. The number of carbonyl (C=O) groups is 1. The molecule has 8 heteroatoms. The van der Waals surface area contributed by atoms with Crippen LogP contribution >= 0.6 is 22.6 Å². The highest BCUT2D eigenvalue weighted by atomic mass is 127. The van der Waals surface area contributed by atoms with E-state index in [0.717, 1.165) is 33.5 Å². The van der Waals surface area contributed by atoms with Gasteiger partial charge in [-0.15, -0.1) is 0 Å². The fourth-order valence-corrected chi connectivity index (χ4v) is 4.55. The summed E-state index contributed by atoms with van der Waals surface area (Å²) in [5.41, 5.74) is 5.72. The first kappa shape index (κ1) is 24.0. The molecule has 1 aliphatic rings. The fourth-order valence-electron chi connectivity index (χ4n) is 3.77. The number of methoxy groups -OCH3 is 1. The van der Waals surface area contributed by atoms with Crippen LogP contribution in [0.4, 0.5) is 10.1 Å². The maximum absolute atomic E-state index is 13.4. The van der Waals surface area contributed by atoms with Gasteiger partial charge in [0.15, 0.2) is 11.5 Å². The maximum atomic E-state index is 13.4. The van der Waals surface area contributed by atoms with Gasteiger partial charge in [-0.1, -0.05) is 12.1 Å². The first-order valence-electron chi connectivity index (χ1n) is 11.0. The summed E-state index contributed by atoms with van der Waals surface area (Å²) in [6.45, 7) is 2.34. The number of nitrogens with zero attached hydrogens (tertiary/aromatic N) is 2. The predicted molar refractivity (Wildman–Crippen MR) is 139 cm³/mol.